The molecule has 8 heteroatoms. The molecule has 6 aromatic rings. The van der Waals surface area contributed by atoms with Crippen LogP contribution in [0.3, 0.4) is 0 Å². The lowest BCUT2D eigenvalue weighted by atomic mass is 10.0. The van der Waals surface area contributed by atoms with Crippen LogP contribution in [0, 0.1) is 18.3 Å². The van der Waals surface area contributed by atoms with Gasteiger partial charge in [-0.2, -0.15) is 5.26 Å². The van der Waals surface area contributed by atoms with Gasteiger partial charge in [-0.3, -0.25) is 9.59 Å². The highest BCUT2D eigenvalue weighted by Gasteiger charge is 2.13. The van der Waals surface area contributed by atoms with E-state index < -0.39 is 5.63 Å². The summed E-state index contributed by atoms with van der Waals surface area (Å²) < 4.78 is 10.7. The number of hydrogen-bond donors (Lipinski definition) is 1. The number of aryl methyl sites for hydroxylation is 1. The van der Waals surface area contributed by atoms with Crippen molar-refractivity contribution in [1.29, 1.82) is 5.26 Å². The molecule has 51 heavy (non-hydrogen) atoms. The summed E-state index contributed by atoms with van der Waals surface area (Å²) >= 11 is 0. The molecular formula is C43H45N3O5. The number of aromatic nitrogens is 1. The third-order valence-electron chi connectivity index (χ3n) is 6.96. The fraction of sp³-hybridized carbons (Fsp3) is 0.233. The maximum atomic E-state index is 11.8. The van der Waals surface area contributed by atoms with E-state index in [1.54, 1.807) is 42.7 Å². The predicted molar refractivity (Wildman–Crippen MR) is 205 cm³/mol. The van der Waals surface area contributed by atoms with Crippen LogP contribution in [0.4, 0.5) is 0 Å². The van der Waals surface area contributed by atoms with Crippen LogP contribution in [0.2, 0.25) is 0 Å². The molecule has 262 valence electrons. The molecule has 3 aromatic heterocycles. The first-order valence-electron chi connectivity index (χ1n) is 17.2. The summed E-state index contributed by atoms with van der Waals surface area (Å²) in [6.45, 7) is 12.9. The van der Waals surface area contributed by atoms with Crippen molar-refractivity contribution in [1.82, 2.24) is 10.3 Å². The molecule has 3 aromatic carbocycles. The van der Waals surface area contributed by atoms with Crippen molar-refractivity contribution in [2.45, 2.75) is 60.8 Å². The number of amides is 1. The summed E-state index contributed by atoms with van der Waals surface area (Å²) in [5.41, 5.74) is 6.56. The van der Waals surface area contributed by atoms with Gasteiger partial charge < -0.3 is 14.2 Å². The first kappa shape index (κ1) is 39.4. The minimum atomic E-state index is -0.596. The van der Waals surface area contributed by atoms with E-state index in [9.17, 15) is 14.4 Å². The maximum Gasteiger partial charge on any atom is 0.349 e. The Labute approximate surface area is 299 Å². The quantitative estimate of drug-likeness (QED) is 0.131. The number of aldehydes is 1. The lowest BCUT2D eigenvalue weighted by molar-refractivity contribution is 0.0949. The molecule has 1 N–H and O–H groups in total. The fourth-order valence-corrected chi connectivity index (χ4v) is 4.58. The van der Waals surface area contributed by atoms with E-state index in [4.69, 9.17) is 19.1 Å². The molecule has 8 nitrogen and oxygen atoms in total. The fourth-order valence-electron chi connectivity index (χ4n) is 4.58. The SMILES string of the molecule is CCC.CCC.CCCNC(=O)c1cc2ccc(C)cc2oc1=O.N#Cc1ccc(-c2cc(-c3ccc(C=O)cc3)cc(-c3ccco3)n2)cc1. The van der Waals surface area contributed by atoms with Gasteiger partial charge in [-0.25, -0.2) is 9.78 Å². The van der Waals surface area contributed by atoms with Gasteiger partial charge >= 0.3 is 5.63 Å². The third-order valence-corrected chi connectivity index (χ3v) is 6.96. The molecule has 0 spiro atoms. The van der Waals surface area contributed by atoms with Gasteiger partial charge in [-0.15, -0.1) is 0 Å². The Kier molecular flexibility index (Phi) is 15.8. The molecule has 0 bridgehead atoms. The van der Waals surface area contributed by atoms with Gasteiger partial charge in [0.1, 0.15) is 23.1 Å². The summed E-state index contributed by atoms with van der Waals surface area (Å²) in [6, 6.07) is 31.6. The molecule has 0 aliphatic heterocycles. The van der Waals surface area contributed by atoms with Gasteiger partial charge in [0.15, 0.2) is 5.76 Å². The summed E-state index contributed by atoms with van der Waals surface area (Å²) in [7, 11) is 0. The van der Waals surface area contributed by atoms with E-state index in [0.29, 0.717) is 29.0 Å². The first-order valence-corrected chi connectivity index (χ1v) is 17.2. The number of pyridine rings is 1. The molecule has 0 saturated heterocycles. The van der Waals surface area contributed by atoms with Gasteiger partial charge in [0.05, 0.1) is 23.6 Å². The van der Waals surface area contributed by atoms with Crippen LogP contribution in [0.1, 0.15) is 85.7 Å². The van der Waals surface area contributed by atoms with Crippen molar-refractivity contribution in [3.8, 4) is 39.9 Å². The van der Waals surface area contributed by atoms with Gasteiger partial charge in [-0.1, -0.05) is 96.0 Å². The zero-order valence-electron chi connectivity index (χ0n) is 30.2. The van der Waals surface area contributed by atoms with Gasteiger partial charge in [0.25, 0.3) is 5.91 Å². The Bertz CT molecular complexity index is 2090. The van der Waals surface area contributed by atoms with E-state index in [1.807, 2.05) is 74.5 Å². The van der Waals surface area contributed by atoms with Crippen LogP contribution in [0.5, 0.6) is 0 Å². The van der Waals surface area contributed by atoms with Gasteiger partial charge in [0.2, 0.25) is 0 Å². The van der Waals surface area contributed by atoms with Crippen LogP contribution in [0.25, 0.3) is 44.8 Å². The van der Waals surface area contributed by atoms with Gasteiger partial charge in [0, 0.05) is 23.1 Å². The van der Waals surface area contributed by atoms with Crippen molar-refractivity contribution < 1.29 is 18.4 Å². The van der Waals surface area contributed by atoms with Crippen molar-refractivity contribution >= 4 is 23.2 Å². The Morgan fingerprint density at radius 1 is 0.824 bits per heavy atom. The predicted octanol–water partition coefficient (Wildman–Crippen LogP) is 10.4. The topological polar surface area (TPSA) is 126 Å². The Hall–Kier alpha value is -6.07. The van der Waals surface area contributed by atoms with E-state index in [2.05, 4.69) is 39.1 Å². The number of furan rings is 1. The average Bonchev–Trinajstić information content (AvgIpc) is 3.70. The second-order valence-electron chi connectivity index (χ2n) is 11.7. The van der Waals surface area contributed by atoms with E-state index >= 15 is 0 Å². The standard InChI is InChI=1S/C23H14N2O2.C14H15NO3.2C3H8/c24-14-16-3-9-19(10-4-16)21-12-20(18-7-5-17(15-26)6-8-18)13-22(25-21)23-2-1-11-27-23;1-3-6-15-13(16)11-8-10-5-4-9(2)7-12(10)18-14(11)17;2*1-3-2/h1-13,15H;4-5,7-8H,3,6H2,1-2H3,(H,15,16);2*3H2,1-2H3. The molecule has 0 atom stereocenters. The number of carbonyl (C=O) groups is 2. The molecule has 0 aliphatic rings. The van der Waals surface area contributed by atoms with E-state index in [1.165, 1.54) is 12.8 Å². The van der Waals surface area contributed by atoms with Crippen LogP contribution in [-0.4, -0.2) is 23.7 Å². The zero-order valence-corrected chi connectivity index (χ0v) is 30.2. The van der Waals surface area contributed by atoms with Gasteiger partial charge in [-0.05, 0) is 78.6 Å². The highest BCUT2D eigenvalue weighted by atomic mass is 16.4. The zero-order chi connectivity index (χ0) is 37.2. The lowest BCUT2D eigenvalue weighted by Crippen LogP contribution is -2.28. The number of nitriles is 1. The second kappa shape index (κ2) is 20.4. The number of hydrogen-bond acceptors (Lipinski definition) is 7. The third kappa shape index (κ3) is 11.5. The molecule has 0 saturated carbocycles. The number of benzene rings is 3. The molecule has 3 heterocycles. The number of nitrogens with zero attached hydrogens (tertiary/aromatic N) is 2. The van der Waals surface area contributed by atoms with Crippen LogP contribution >= 0.6 is 0 Å². The van der Waals surface area contributed by atoms with Crippen molar-refractivity contribution in [3.63, 3.8) is 0 Å². The summed E-state index contributed by atoms with van der Waals surface area (Å²) in [6.07, 6.45) is 5.76. The first-order chi connectivity index (χ1) is 24.7. The second-order valence-corrected chi connectivity index (χ2v) is 11.7. The summed E-state index contributed by atoms with van der Waals surface area (Å²) in [5.74, 6) is 0.296. The number of fused-ring (bicyclic) bond motifs is 1. The largest absolute Gasteiger partial charge is 0.463 e. The minimum Gasteiger partial charge on any atom is -0.463 e. The van der Waals surface area contributed by atoms with Crippen LogP contribution in [0.15, 0.2) is 117 Å². The summed E-state index contributed by atoms with van der Waals surface area (Å²) in [5, 5.41) is 12.4. The highest BCUT2D eigenvalue weighted by Crippen LogP contribution is 2.30. The number of rotatable bonds is 7. The molecule has 0 fully saturated rings. The lowest BCUT2D eigenvalue weighted by Gasteiger charge is -2.09. The molecule has 6 rings (SSSR count). The number of carbonyl (C=O) groups excluding carboxylic acids is 2. The molecule has 1 amide bonds. The molecule has 0 radical (unpaired) electrons. The van der Waals surface area contributed by atoms with Crippen molar-refractivity contribution in [3.05, 3.63) is 136 Å². The number of nitrogens with one attached hydrogen (secondary N) is 1. The molecule has 0 unspecified atom stereocenters. The highest BCUT2D eigenvalue weighted by molar-refractivity contribution is 5.96. The average molecular weight is 684 g/mol. The Morgan fingerprint density at radius 3 is 2.06 bits per heavy atom. The smallest absolute Gasteiger partial charge is 0.349 e. The Balaban J connectivity index is 0.000000253. The summed E-state index contributed by atoms with van der Waals surface area (Å²) in [4.78, 5) is 39.1. The van der Waals surface area contributed by atoms with Crippen molar-refractivity contribution in [2.75, 3.05) is 6.54 Å². The van der Waals surface area contributed by atoms with Crippen LogP contribution < -0.4 is 10.9 Å². The molecular weight excluding hydrogens is 638 g/mol. The van der Waals surface area contributed by atoms with E-state index in [-0.39, 0.29) is 11.5 Å². The van der Waals surface area contributed by atoms with Crippen molar-refractivity contribution in [2.24, 2.45) is 0 Å². The molecule has 0 aliphatic carbocycles. The Morgan fingerprint density at radius 2 is 1.47 bits per heavy atom. The maximum absolute atomic E-state index is 11.8. The monoisotopic (exact) mass is 683 g/mol. The van der Waals surface area contributed by atoms with E-state index in [0.717, 1.165) is 51.7 Å². The minimum absolute atomic E-state index is 0.0554. The van der Waals surface area contributed by atoms with Crippen LogP contribution in [-0.2, 0) is 0 Å². The normalized spacial score (nSPS) is 9.90.